The molecule has 0 aliphatic carbocycles. The molecule has 2 atom stereocenters. The first-order valence-electron chi connectivity index (χ1n) is 9.21. The molecule has 1 aromatic carbocycles. The summed E-state index contributed by atoms with van der Waals surface area (Å²) in [6, 6.07) is 5.55. The predicted octanol–water partition coefficient (Wildman–Crippen LogP) is 0.0232. The van der Waals surface area contributed by atoms with Gasteiger partial charge in [0.1, 0.15) is 23.4 Å². The van der Waals surface area contributed by atoms with Crippen molar-refractivity contribution in [2.75, 3.05) is 54.0 Å². The smallest absolute Gasteiger partial charge is 0.242 e. The fraction of sp³-hybridized carbons (Fsp3) is 0.579. The quantitative estimate of drug-likeness (QED) is 0.763. The number of hydrogen-bond donors (Lipinski definition) is 1. The Morgan fingerprint density at radius 1 is 1.26 bits per heavy atom. The number of ether oxygens (including phenoxy) is 2. The second kappa shape index (κ2) is 8.39. The molecule has 2 heterocycles. The number of carbonyl (C=O) groups is 2. The number of piperazine rings is 1. The van der Waals surface area contributed by atoms with E-state index in [4.69, 9.17) is 9.47 Å². The van der Waals surface area contributed by atoms with Crippen LogP contribution in [0.1, 0.15) is 17.9 Å². The van der Waals surface area contributed by atoms with Crippen LogP contribution in [-0.4, -0.2) is 80.9 Å². The van der Waals surface area contributed by atoms with Crippen LogP contribution in [0.5, 0.6) is 11.5 Å². The van der Waals surface area contributed by atoms with Crippen LogP contribution in [0.2, 0.25) is 0 Å². The Hall–Kier alpha value is -1.93. The Balaban J connectivity index is 1.82. The average molecular weight is 395 g/mol. The minimum absolute atomic E-state index is 0.0111. The second-order valence-corrected chi connectivity index (χ2v) is 8.47. The molecule has 2 fully saturated rings. The van der Waals surface area contributed by atoms with E-state index >= 15 is 0 Å². The summed E-state index contributed by atoms with van der Waals surface area (Å²) in [4.78, 5) is 30.6. The van der Waals surface area contributed by atoms with Gasteiger partial charge < -0.3 is 24.2 Å². The standard InChI is InChI=1S/C19H27N3O4S/c1-13-18(24)22(12-17(23)21-9-7-20(2)8-10-21)19(27-13)15-11-14(25-3)5-6-16(15)26-4/h5-6,11,13,19H,7-10,12H2,1-4H3/p+1/t13-,19-/m0/s1. The molecule has 148 valence electrons. The third-order valence-corrected chi connectivity index (χ3v) is 6.60. The minimum Gasteiger partial charge on any atom is -0.497 e. The summed E-state index contributed by atoms with van der Waals surface area (Å²) in [5, 5.41) is -0.463. The van der Waals surface area contributed by atoms with Crippen molar-refractivity contribution in [1.82, 2.24) is 9.80 Å². The van der Waals surface area contributed by atoms with Crippen LogP contribution in [-0.2, 0) is 9.59 Å². The zero-order valence-electron chi connectivity index (χ0n) is 16.4. The number of amides is 2. The first kappa shape index (κ1) is 19.8. The molecule has 2 saturated heterocycles. The third-order valence-electron chi connectivity index (χ3n) is 5.23. The number of methoxy groups -OCH3 is 2. The molecule has 2 aliphatic heterocycles. The largest absolute Gasteiger partial charge is 0.497 e. The molecule has 1 aromatic rings. The van der Waals surface area contributed by atoms with Crippen molar-refractivity contribution < 1.29 is 24.0 Å². The summed E-state index contributed by atoms with van der Waals surface area (Å²) < 4.78 is 10.8. The Morgan fingerprint density at radius 2 is 1.96 bits per heavy atom. The molecular weight excluding hydrogens is 366 g/mol. The van der Waals surface area contributed by atoms with E-state index in [1.54, 1.807) is 19.1 Å². The van der Waals surface area contributed by atoms with E-state index in [0.717, 1.165) is 31.7 Å². The van der Waals surface area contributed by atoms with Crippen LogP contribution < -0.4 is 14.4 Å². The number of benzene rings is 1. The van der Waals surface area contributed by atoms with Gasteiger partial charge in [-0.3, -0.25) is 9.59 Å². The molecule has 2 amide bonds. The van der Waals surface area contributed by atoms with Crippen LogP contribution in [0.15, 0.2) is 18.2 Å². The highest BCUT2D eigenvalue weighted by molar-refractivity contribution is 8.01. The van der Waals surface area contributed by atoms with Gasteiger partial charge in [-0.05, 0) is 25.1 Å². The lowest BCUT2D eigenvalue weighted by Crippen LogP contribution is -3.12. The Bertz CT molecular complexity index is 706. The van der Waals surface area contributed by atoms with Gasteiger partial charge in [-0.2, -0.15) is 0 Å². The van der Waals surface area contributed by atoms with Gasteiger partial charge in [-0.25, -0.2) is 0 Å². The molecule has 0 spiro atoms. The summed E-state index contributed by atoms with van der Waals surface area (Å²) in [5.74, 6) is 1.39. The highest BCUT2D eigenvalue weighted by Crippen LogP contribution is 2.46. The summed E-state index contributed by atoms with van der Waals surface area (Å²) in [7, 11) is 5.35. The number of likely N-dealkylation sites (N-methyl/N-ethyl adjacent to an activating group) is 1. The lowest BCUT2D eigenvalue weighted by Gasteiger charge is -2.32. The number of nitrogens with one attached hydrogen (secondary N) is 1. The van der Waals surface area contributed by atoms with Gasteiger partial charge in [0.05, 0.1) is 52.7 Å². The molecular formula is C19H28N3O4S+. The molecule has 0 saturated carbocycles. The summed E-state index contributed by atoms with van der Waals surface area (Å²) in [5.41, 5.74) is 0.857. The molecule has 0 aromatic heterocycles. The highest BCUT2D eigenvalue weighted by Gasteiger charge is 2.41. The fourth-order valence-electron chi connectivity index (χ4n) is 3.49. The van der Waals surface area contributed by atoms with Crippen LogP contribution in [0, 0.1) is 0 Å². The molecule has 8 heteroatoms. The van der Waals surface area contributed by atoms with Gasteiger partial charge in [0.25, 0.3) is 0 Å². The van der Waals surface area contributed by atoms with Gasteiger partial charge in [0.2, 0.25) is 11.8 Å². The summed E-state index contributed by atoms with van der Waals surface area (Å²) in [6.45, 7) is 5.34. The van der Waals surface area contributed by atoms with Gasteiger partial charge >= 0.3 is 0 Å². The monoisotopic (exact) mass is 394 g/mol. The first-order chi connectivity index (χ1) is 12.9. The van der Waals surface area contributed by atoms with Crippen molar-refractivity contribution in [1.29, 1.82) is 0 Å². The molecule has 0 unspecified atom stereocenters. The third kappa shape index (κ3) is 4.16. The van der Waals surface area contributed by atoms with E-state index in [0.29, 0.717) is 11.5 Å². The van der Waals surface area contributed by atoms with E-state index in [2.05, 4.69) is 7.05 Å². The van der Waals surface area contributed by atoms with Crippen molar-refractivity contribution >= 4 is 23.6 Å². The van der Waals surface area contributed by atoms with Gasteiger partial charge in [0, 0.05) is 5.56 Å². The SMILES string of the molecule is COc1ccc(OC)c([C@@H]2S[C@@H](C)C(=O)N2CC(=O)N2CC[NH+](C)CC2)c1. The number of carbonyl (C=O) groups excluding carboxylic acids is 2. The second-order valence-electron chi connectivity index (χ2n) is 7.04. The van der Waals surface area contributed by atoms with Gasteiger partial charge in [-0.15, -0.1) is 11.8 Å². The Morgan fingerprint density at radius 3 is 2.59 bits per heavy atom. The zero-order chi connectivity index (χ0) is 19.6. The first-order valence-corrected chi connectivity index (χ1v) is 10.2. The maximum Gasteiger partial charge on any atom is 0.242 e. The number of rotatable bonds is 5. The van der Waals surface area contributed by atoms with E-state index in [9.17, 15) is 9.59 Å². The van der Waals surface area contributed by atoms with Crippen molar-refractivity contribution in [3.63, 3.8) is 0 Å². The van der Waals surface area contributed by atoms with Crippen LogP contribution >= 0.6 is 11.8 Å². The molecule has 0 bridgehead atoms. The van der Waals surface area contributed by atoms with Crippen molar-refractivity contribution in [2.45, 2.75) is 17.5 Å². The van der Waals surface area contributed by atoms with Gasteiger partial charge in [-0.1, -0.05) is 0 Å². The average Bonchev–Trinajstić information content (AvgIpc) is 2.96. The van der Waals surface area contributed by atoms with Gasteiger partial charge in [0.15, 0.2) is 0 Å². The Labute approximate surface area is 164 Å². The van der Waals surface area contributed by atoms with Crippen molar-refractivity contribution in [3.05, 3.63) is 23.8 Å². The predicted molar refractivity (Wildman–Crippen MR) is 104 cm³/mol. The van der Waals surface area contributed by atoms with E-state index in [1.165, 1.54) is 16.7 Å². The maximum atomic E-state index is 12.8. The molecule has 27 heavy (non-hydrogen) atoms. The molecule has 7 nitrogen and oxygen atoms in total. The summed E-state index contributed by atoms with van der Waals surface area (Å²) >= 11 is 1.54. The number of thioether (sulfide) groups is 1. The number of nitrogens with zero attached hydrogens (tertiary/aromatic N) is 2. The number of quaternary nitrogens is 1. The maximum absolute atomic E-state index is 12.8. The lowest BCUT2D eigenvalue weighted by molar-refractivity contribution is -0.883. The fourth-order valence-corrected chi connectivity index (χ4v) is 4.79. The normalized spacial score (nSPS) is 23.6. The van der Waals surface area contributed by atoms with Crippen molar-refractivity contribution in [3.8, 4) is 11.5 Å². The summed E-state index contributed by atoms with van der Waals surface area (Å²) in [6.07, 6.45) is 0. The van der Waals surface area contributed by atoms with E-state index in [-0.39, 0.29) is 29.0 Å². The van der Waals surface area contributed by atoms with E-state index < -0.39 is 0 Å². The molecule has 2 aliphatic rings. The molecule has 3 rings (SSSR count). The zero-order valence-corrected chi connectivity index (χ0v) is 17.2. The topological polar surface area (TPSA) is 63.5 Å². The van der Waals surface area contributed by atoms with Crippen LogP contribution in [0.3, 0.4) is 0 Å². The minimum atomic E-state index is -0.264. The molecule has 1 N–H and O–H groups in total. The van der Waals surface area contributed by atoms with E-state index in [1.807, 2.05) is 30.0 Å². The number of hydrogen-bond acceptors (Lipinski definition) is 5. The van der Waals surface area contributed by atoms with Crippen LogP contribution in [0.25, 0.3) is 0 Å². The Kier molecular flexibility index (Phi) is 6.16. The highest BCUT2D eigenvalue weighted by atomic mass is 32.2. The lowest BCUT2D eigenvalue weighted by atomic mass is 10.1. The molecule has 0 radical (unpaired) electrons. The van der Waals surface area contributed by atoms with Crippen molar-refractivity contribution in [2.24, 2.45) is 0 Å². The van der Waals surface area contributed by atoms with Crippen LogP contribution in [0.4, 0.5) is 0 Å².